The standard InChI is InChI=1S/C20H21F4N3O4/c1-30-18(28)17-6-4-14(31-17)12-26-7-2-8-27(10-9-26)19(29)25-13-3-5-16(21)15(11-13)20(22,23)24/h3-6,11H,2,7-10,12H2,1H3,(H,25,29). The molecule has 1 aromatic carbocycles. The monoisotopic (exact) mass is 443 g/mol. The number of benzene rings is 1. The van der Waals surface area contributed by atoms with Crippen LogP contribution in [0.4, 0.5) is 28.0 Å². The number of urea groups is 1. The van der Waals surface area contributed by atoms with Crippen molar-refractivity contribution in [1.29, 1.82) is 0 Å². The van der Waals surface area contributed by atoms with E-state index in [2.05, 4.69) is 10.1 Å². The number of nitrogens with one attached hydrogen (secondary N) is 1. The third-order valence-corrected chi connectivity index (χ3v) is 4.83. The molecular formula is C20H21F4N3O4. The normalized spacial score (nSPS) is 15.5. The number of ether oxygens (including phenoxy) is 1. The molecule has 0 spiro atoms. The largest absolute Gasteiger partial charge is 0.463 e. The average molecular weight is 443 g/mol. The summed E-state index contributed by atoms with van der Waals surface area (Å²) in [5, 5.41) is 2.40. The van der Waals surface area contributed by atoms with Crippen LogP contribution in [0.15, 0.2) is 34.7 Å². The van der Waals surface area contributed by atoms with Gasteiger partial charge in [0.1, 0.15) is 11.6 Å². The van der Waals surface area contributed by atoms with Gasteiger partial charge in [-0.15, -0.1) is 0 Å². The molecule has 168 valence electrons. The number of methoxy groups -OCH3 is 1. The molecule has 1 N–H and O–H groups in total. The maximum atomic E-state index is 13.4. The van der Waals surface area contributed by atoms with Crippen molar-refractivity contribution in [1.82, 2.24) is 9.80 Å². The van der Waals surface area contributed by atoms with Crippen LogP contribution < -0.4 is 5.32 Å². The summed E-state index contributed by atoms with van der Waals surface area (Å²) in [5.74, 6) is -1.29. The van der Waals surface area contributed by atoms with Gasteiger partial charge in [0.2, 0.25) is 5.76 Å². The van der Waals surface area contributed by atoms with Crippen molar-refractivity contribution in [2.45, 2.75) is 19.1 Å². The molecule has 2 amide bonds. The lowest BCUT2D eigenvalue weighted by Crippen LogP contribution is -2.38. The number of rotatable bonds is 4. The first-order valence-corrected chi connectivity index (χ1v) is 9.49. The fraction of sp³-hybridized carbons (Fsp3) is 0.400. The smallest absolute Gasteiger partial charge is 0.419 e. The Hall–Kier alpha value is -3.08. The Balaban J connectivity index is 1.57. The number of halogens is 4. The van der Waals surface area contributed by atoms with Gasteiger partial charge in [-0.3, -0.25) is 4.90 Å². The minimum Gasteiger partial charge on any atom is -0.463 e. The molecule has 0 atom stereocenters. The highest BCUT2D eigenvalue weighted by Gasteiger charge is 2.34. The van der Waals surface area contributed by atoms with E-state index in [0.29, 0.717) is 57.0 Å². The van der Waals surface area contributed by atoms with Crippen molar-refractivity contribution in [3.63, 3.8) is 0 Å². The Morgan fingerprint density at radius 2 is 1.90 bits per heavy atom. The van der Waals surface area contributed by atoms with Crippen molar-refractivity contribution in [3.05, 3.63) is 53.2 Å². The Labute approximate surface area is 175 Å². The Morgan fingerprint density at radius 1 is 1.13 bits per heavy atom. The Kier molecular flexibility index (Phi) is 6.84. The number of alkyl halides is 3. The summed E-state index contributed by atoms with van der Waals surface area (Å²) in [6.07, 6.45) is -4.22. The fourth-order valence-electron chi connectivity index (χ4n) is 3.25. The molecule has 0 bridgehead atoms. The number of furan rings is 1. The lowest BCUT2D eigenvalue weighted by atomic mass is 10.2. The quantitative estimate of drug-likeness (QED) is 0.572. The summed E-state index contributed by atoms with van der Waals surface area (Å²) in [6, 6.07) is 4.97. The minimum absolute atomic E-state index is 0.103. The number of anilines is 1. The van der Waals surface area contributed by atoms with Gasteiger partial charge >= 0.3 is 18.2 Å². The minimum atomic E-state index is -4.85. The van der Waals surface area contributed by atoms with Crippen molar-refractivity contribution in [2.24, 2.45) is 0 Å². The highest BCUT2D eigenvalue weighted by atomic mass is 19.4. The van der Waals surface area contributed by atoms with Gasteiger partial charge in [-0.25, -0.2) is 14.0 Å². The molecule has 11 heteroatoms. The highest BCUT2D eigenvalue weighted by molar-refractivity contribution is 5.89. The van der Waals surface area contributed by atoms with Gasteiger partial charge in [0, 0.05) is 31.9 Å². The molecule has 1 fully saturated rings. The molecule has 1 saturated heterocycles. The average Bonchev–Trinajstić information content (AvgIpc) is 3.05. The van der Waals surface area contributed by atoms with E-state index in [-0.39, 0.29) is 11.4 Å². The summed E-state index contributed by atoms with van der Waals surface area (Å²) in [4.78, 5) is 27.5. The van der Waals surface area contributed by atoms with Crippen LogP contribution in [-0.4, -0.2) is 55.1 Å². The van der Waals surface area contributed by atoms with E-state index >= 15 is 0 Å². The molecule has 31 heavy (non-hydrogen) atoms. The molecule has 1 aliphatic heterocycles. The molecule has 0 aliphatic carbocycles. The van der Waals surface area contributed by atoms with E-state index in [9.17, 15) is 27.2 Å². The summed E-state index contributed by atoms with van der Waals surface area (Å²) >= 11 is 0. The number of hydrogen-bond acceptors (Lipinski definition) is 5. The van der Waals surface area contributed by atoms with E-state index in [1.165, 1.54) is 18.1 Å². The summed E-state index contributed by atoms with van der Waals surface area (Å²) in [5.41, 5.74) is -1.57. The second kappa shape index (κ2) is 9.38. The summed E-state index contributed by atoms with van der Waals surface area (Å²) in [6.45, 7) is 2.33. The van der Waals surface area contributed by atoms with Crippen molar-refractivity contribution in [2.75, 3.05) is 38.6 Å². The molecule has 1 aliphatic rings. The zero-order chi connectivity index (χ0) is 22.6. The fourth-order valence-corrected chi connectivity index (χ4v) is 3.25. The van der Waals surface area contributed by atoms with Crippen LogP contribution in [-0.2, 0) is 17.5 Å². The first-order chi connectivity index (χ1) is 14.7. The molecule has 7 nitrogen and oxygen atoms in total. The maximum absolute atomic E-state index is 13.4. The van der Waals surface area contributed by atoms with Crippen LogP contribution >= 0.6 is 0 Å². The van der Waals surface area contributed by atoms with Gasteiger partial charge in [-0.2, -0.15) is 13.2 Å². The number of carbonyl (C=O) groups excluding carboxylic acids is 2. The summed E-state index contributed by atoms with van der Waals surface area (Å²) < 4.78 is 62.0. The predicted molar refractivity (Wildman–Crippen MR) is 102 cm³/mol. The van der Waals surface area contributed by atoms with Gasteiger partial charge in [0.05, 0.1) is 19.2 Å². The molecular weight excluding hydrogens is 422 g/mol. The predicted octanol–water partition coefficient (Wildman–Crippen LogP) is 3.96. The van der Waals surface area contributed by atoms with Crippen LogP contribution in [0.5, 0.6) is 0 Å². The number of hydrogen-bond donors (Lipinski definition) is 1. The molecule has 0 saturated carbocycles. The van der Waals surface area contributed by atoms with E-state index in [1.54, 1.807) is 6.07 Å². The highest BCUT2D eigenvalue weighted by Crippen LogP contribution is 2.33. The van der Waals surface area contributed by atoms with Gasteiger partial charge in [-0.1, -0.05) is 0 Å². The number of nitrogens with zero attached hydrogens (tertiary/aromatic N) is 2. The van der Waals surface area contributed by atoms with Crippen LogP contribution in [0.1, 0.15) is 28.3 Å². The van der Waals surface area contributed by atoms with E-state index in [4.69, 9.17) is 4.42 Å². The van der Waals surface area contributed by atoms with Crippen LogP contribution in [0, 0.1) is 5.82 Å². The molecule has 2 heterocycles. The number of carbonyl (C=O) groups is 2. The van der Waals surface area contributed by atoms with Gasteiger partial charge < -0.3 is 19.4 Å². The SMILES string of the molecule is COC(=O)c1ccc(CN2CCCN(C(=O)Nc3ccc(F)c(C(F)(F)F)c3)CC2)o1. The second-order valence-electron chi connectivity index (χ2n) is 7.00. The lowest BCUT2D eigenvalue weighted by molar-refractivity contribution is -0.139. The summed E-state index contributed by atoms with van der Waals surface area (Å²) in [7, 11) is 1.26. The van der Waals surface area contributed by atoms with Crippen LogP contribution in [0.2, 0.25) is 0 Å². The molecule has 1 aromatic heterocycles. The van der Waals surface area contributed by atoms with Crippen molar-refractivity contribution >= 4 is 17.7 Å². The topological polar surface area (TPSA) is 75.0 Å². The maximum Gasteiger partial charge on any atom is 0.419 e. The van der Waals surface area contributed by atoms with Crippen LogP contribution in [0.3, 0.4) is 0 Å². The van der Waals surface area contributed by atoms with Gasteiger partial charge in [0.25, 0.3) is 0 Å². The Bertz CT molecular complexity index is 945. The zero-order valence-electron chi connectivity index (χ0n) is 16.7. The number of amides is 2. The molecule has 2 aromatic rings. The molecule has 0 unspecified atom stereocenters. The number of esters is 1. The molecule has 3 rings (SSSR count). The van der Waals surface area contributed by atoms with E-state index in [1.807, 2.05) is 4.90 Å². The third kappa shape index (κ3) is 5.75. The van der Waals surface area contributed by atoms with E-state index in [0.717, 1.165) is 6.07 Å². The molecule has 0 radical (unpaired) electrons. The zero-order valence-corrected chi connectivity index (χ0v) is 16.7. The first kappa shape index (κ1) is 22.6. The van der Waals surface area contributed by atoms with Gasteiger partial charge in [-0.05, 0) is 36.8 Å². The van der Waals surface area contributed by atoms with Crippen molar-refractivity contribution in [3.8, 4) is 0 Å². The lowest BCUT2D eigenvalue weighted by Gasteiger charge is -2.22. The second-order valence-corrected chi connectivity index (χ2v) is 7.00. The Morgan fingerprint density at radius 3 is 2.61 bits per heavy atom. The first-order valence-electron chi connectivity index (χ1n) is 9.49. The van der Waals surface area contributed by atoms with Crippen LogP contribution in [0.25, 0.3) is 0 Å². The third-order valence-electron chi connectivity index (χ3n) is 4.83. The van der Waals surface area contributed by atoms with Gasteiger partial charge in [0.15, 0.2) is 0 Å². The van der Waals surface area contributed by atoms with E-state index < -0.39 is 29.6 Å². The van der Waals surface area contributed by atoms with Crippen molar-refractivity contribution < 1.29 is 36.3 Å².